The van der Waals surface area contributed by atoms with Gasteiger partial charge in [-0.25, -0.2) is 0 Å². The maximum absolute atomic E-state index is 12.6. The van der Waals surface area contributed by atoms with E-state index in [4.69, 9.17) is 9.84 Å². The number of aliphatic carboxylic acids is 1. The van der Waals surface area contributed by atoms with Gasteiger partial charge in [0.2, 0.25) is 0 Å². The van der Waals surface area contributed by atoms with Crippen LogP contribution in [0.5, 0.6) is 0 Å². The number of hydrogen-bond acceptors (Lipinski definition) is 6. The lowest BCUT2D eigenvalue weighted by atomic mass is 10.2. The van der Waals surface area contributed by atoms with Crippen molar-refractivity contribution in [3.05, 3.63) is 0 Å². The molecule has 0 aromatic rings. The van der Waals surface area contributed by atoms with Crippen molar-refractivity contribution in [2.24, 2.45) is 0 Å². The van der Waals surface area contributed by atoms with E-state index >= 15 is 0 Å². The van der Waals surface area contributed by atoms with Crippen LogP contribution in [0.1, 0.15) is 19.8 Å². The summed E-state index contributed by atoms with van der Waals surface area (Å²) in [5.74, 6) is -1.44. The summed E-state index contributed by atoms with van der Waals surface area (Å²) in [6.07, 6.45) is 0.957. The van der Waals surface area contributed by atoms with E-state index in [0.29, 0.717) is 12.8 Å². The summed E-state index contributed by atoms with van der Waals surface area (Å²) in [5.41, 5.74) is 0. The molecule has 2 unspecified atom stereocenters. The first-order valence-corrected chi connectivity index (χ1v) is 9.20. The van der Waals surface area contributed by atoms with Crippen molar-refractivity contribution in [2.45, 2.75) is 31.8 Å². The highest BCUT2D eigenvalue weighted by Gasteiger charge is 2.47. The largest absolute Gasteiger partial charge is 0.480 e. The van der Waals surface area contributed by atoms with Crippen LogP contribution in [0, 0.1) is 0 Å². The number of carboxylic acids is 1. The number of rotatable bonds is 5. The average Bonchev–Trinajstić information content (AvgIpc) is 3.08. The zero-order valence-electron chi connectivity index (χ0n) is 11.6. The van der Waals surface area contributed by atoms with E-state index in [1.807, 2.05) is 0 Å². The zero-order chi connectivity index (χ0) is 15.6. The fourth-order valence-corrected chi connectivity index (χ4v) is 5.96. The molecule has 2 aliphatic heterocycles. The quantitative estimate of drug-likeness (QED) is 0.687. The predicted molar refractivity (Wildman–Crippen MR) is 75.9 cm³/mol. The third kappa shape index (κ3) is 3.17. The Morgan fingerprint density at radius 2 is 2.05 bits per heavy atom. The minimum absolute atomic E-state index is 0.0886. The lowest BCUT2D eigenvalue weighted by molar-refractivity contribution is -0.146. The first-order valence-electron chi connectivity index (χ1n) is 6.65. The molecule has 0 saturated carbocycles. The summed E-state index contributed by atoms with van der Waals surface area (Å²) >= 11 is 1.25. The van der Waals surface area contributed by atoms with Gasteiger partial charge in [0.25, 0.3) is 10.2 Å². The Morgan fingerprint density at radius 1 is 1.33 bits per heavy atom. The third-order valence-electron chi connectivity index (χ3n) is 3.48. The first-order chi connectivity index (χ1) is 9.89. The van der Waals surface area contributed by atoms with Crippen molar-refractivity contribution >= 4 is 33.9 Å². The SMILES string of the molecule is CCOC(=O)C1CCCN1S(=O)(=O)N1CSCC1C(=O)O. The van der Waals surface area contributed by atoms with E-state index in [-0.39, 0.29) is 24.8 Å². The molecule has 0 spiro atoms. The van der Waals surface area contributed by atoms with E-state index in [1.165, 1.54) is 11.8 Å². The Hall–Kier alpha value is -0.840. The van der Waals surface area contributed by atoms with E-state index < -0.39 is 34.2 Å². The highest BCUT2D eigenvalue weighted by atomic mass is 32.2. The summed E-state index contributed by atoms with van der Waals surface area (Å²) in [6.45, 7) is 2.04. The maximum atomic E-state index is 12.6. The highest BCUT2D eigenvalue weighted by Crippen LogP contribution is 2.30. The molecule has 0 bridgehead atoms. The molecule has 8 nitrogen and oxygen atoms in total. The number of esters is 1. The number of carboxylic acid groups (broad SMARTS) is 1. The van der Waals surface area contributed by atoms with Crippen LogP contribution in [0.2, 0.25) is 0 Å². The smallest absolute Gasteiger partial charge is 0.324 e. The minimum Gasteiger partial charge on any atom is -0.480 e. The minimum atomic E-state index is -3.98. The summed E-state index contributed by atoms with van der Waals surface area (Å²) in [6, 6.07) is -1.93. The molecule has 0 amide bonds. The Balaban J connectivity index is 2.22. The van der Waals surface area contributed by atoms with E-state index in [9.17, 15) is 18.0 Å². The molecule has 2 saturated heterocycles. The molecule has 2 heterocycles. The van der Waals surface area contributed by atoms with Crippen molar-refractivity contribution in [1.29, 1.82) is 0 Å². The normalized spacial score (nSPS) is 27.9. The van der Waals surface area contributed by atoms with E-state index in [2.05, 4.69) is 0 Å². The van der Waals surface area contributed by atoms with Gasteiger partial charge in [-0.3, -0.25) is 9.59 Å². The average molecular weight is 338 g/mol. The highest BCUT2D eigenvalue weighted by molar-refractivity contribution is 8.00. The van der Waals surface area contributed by atoms with Gasteiger partial charge in [-0.1, -0.05) is 0 Å². The van der Waals surface area contributed by atoms with Gasteiger partial charge in [-0.05, 0) is 19.8 Å². The van der Waals surface area contributed by atoms with Gasteiger partial charge in [-0.2, -0.15) is 17.0 Å². The van der Waals surface area contributed by atoms with Crippen molar-refractivity contribution in [1.82, 2.24) is 8.61 Å². The molecule has 0 radical (unpaired) electrons. The molecule has 0 aromatic heterocycles. The van der Waals surface area contributed by atoms with Gasteiger partial charge in [-0.15, -0.1) is 11.8 Å². The fraction of sp³-hybridized carbons (Fsp3) is 0.818. The molecular weight excluding hydrogens is 320 g/mol. The second-order valence-corrected chi connectivity index (χ2v) is 7.60. The van der Waals surface area contributed by atoms with Crippen LogP contribution in [0.25, 0.3) is 0 Å². The topological polar surface area (TPSA) is 104 Å². The summed E-state index contributed by atoms with van der Waals surface area (Å²) in [7, 11) is -3.98. The van der Waals surface area contributed by atoms with Crippen LogP contribution >= 0.6 is 11.8 Å². The standard InChI is InChI=1S/C11H18N2O6S2/c1-2-19-11(16)8-4-3-5-12(8)21(17,18)13-7-20-6-9(13)10(14)15/h8-9H,2-7H2,1H3,(H,14,15). The molecule has 2 atom stereocenters. The molecule has 0 aromatic carbocycles. The summed E-state index contributed by atoms with van der Waals surface area (Å²) in [4.78, 5) is 23.0. The molecule has 21 heavy (non-hydrogen) atoms. The first kappa shape index (κ1) is 16.5. The molecule has 2 rings (SSSR count). The van der Waals surface area contributed by atoms with Crippen molar-refractivity contribution in [2.75, 3.05) is 24.8 Å². The van der Waals surface area contributed by atoms with Gasteiger partial charge in [0.05, 0.1) is 12.5 Å². The fourth-order valence-electron chi connectivity index (χ4n) is 2.47. The Morgan fingerprint density at radius 3 is 2.67 bits per heavy atom. The van der Waals surface area contributed by atoms with Crippen LogP contribution in [-0.2, 0) is 24.5 Å². The van der Waals surface area contributed by atoms with Gasteiger partial charge in [0.15, 0.2) is 0 Å². The predicted octanol–water partition coefficient (Wildman–Crippen LogP) is -0.282. The van der Waals surface area contributed by atoms with Gasteiger partial charge >= 0.3 is 11.9 Å². The molecule has 1 N–H and O–H groups in total. The van der Waals surface area contributed by atoms with Crippen molar-refractivity contribution in [3.63, 3.8) is 0 Å². The van der Waals surface area contributed by atoms with Crippen LogP contribution in [0.4, 0.5) is 0 Å². The maximum Gasteiger partial charge on any atom is 0.324 e. The molecule has 2 fully saturated rings. The molecule has 10 heteroatoms. The lowest BCUT2D eigenvalue weighted by Crippen LogP contribution is -2.52. The van der Waals surface area contributed by atoms with Crippen molar-refractivity contribution < 1.29 is 27.9 Å². The van der Waals surface area contributed by atoms with Crippen LogP contribution in [-0.4, -0.2) is 70.9 Å². The van der Waals surface area contributed by atoms with Crippen LogP contribution in [0.3, 0.4) is 0 Å². The van der Waals surface area contributed by atoms with Gasteiger partial charge in [0.1, 0.15) is 12.1 Å². The molecule has 2 aliphatic rings. The van der Waals surface area contributed by atoms with E-state index in [1.54, 1.807) is 6.92 Å². The number of hydrogen-bond donors (Lipinski definition) is 1. The second kappa shape index (κ2) is 6.51. The molecule has 0 aliphatic carbocycles. The Labute approximate surface area is 127 Å². The number of nitrogens with zero attached hydrogens (tertiary/aromatic N) is 2. The summed E-state index contributed by atoms with van der Waals surface area (Å²) < 4.78 is 32.2. The van der Waals surface area contributed by atoms with E-state index in [0.717, 1.165) is 8.61 Å². The monoisotopic (exact) mass is 338 g/mol. The Bertz CT molecular complexity index is 523. The Kier molecular flexibility index (Phi) is 5.12. The van der Waals surface area contributed by atoms with Gasteiger partial charge in [0, 0.05) is 12.3 Å². The van der Waals surface area contributed by atoms with Crippen LogP contribution in [0.15, 0.2) is 0 Å². The number of carbonyl (C=O) groups is 2. The molecule has 120 valence electrons. The number of ether oxygens (including phenoxy) is 1. The lowest BCUT2D eigenvalue weighted by Gasteiger charge is -2.29. The van der Waals surface area contributed by atoms with Crippen molar-refractivity contribution in [3.8, 4) is 0 Å². The number of thioether (sulfide) groups is 1. The second-order valence-electron chi connectivity index (χ2n) is 4.77. The third-order valence-corrected chi connectivity index (χ3v) is 6.66. The van der Waals surface area contributed by atoms with Crippen LogP contribution < -0.4 is 0 Å². The van der Waals surface area contributed by atoms with Gasteiger partial charge < -0.3 is 9.84 Å². The number of carbonyl (C=O) groups excluding carboxylic acids is 1. The molecular formula is C11H18N2O6S2. The zero-order valence-corrected chi connectivity index (χ0v) is 13.2. The summed E-state index contributed by atoms with van der Waals surface area (Å²) in [5, 5.41) is 9.12.